The third-order valence-corrected chi connectivity index (χ3v) is 7.36. The van der Waals surface area contributed by atoms with Crippen LogP contribution in [0.1, 0.15) is 31.2 Å². The molecule has 1 atom stereocenters. The van der Waals surface area contributed by atoms with E-state index in [2.05, 4.69) is 15.0 Å². The van der Waals surface area contributed by atoms with E-state index >= 15 is 0 Å². The van der Waals surface area contributed by atoms with Crippen LogP contribution in [-0.2, 0) is 9.53 Å². The number of rotatable bonds is 6. The molecule has 3 aromatic heterocycles. The van der Waals surface area contributed by atoms with E-state index < -0.39 is 12.0 Å². The van der Waals surface area contributed by atoms with Crippen molar-refractivity contribution in [3.05, 3.63) is 102 Å². The van der Waals surface area contributed by atoms with Crippen LogP contribution in [0.4, 0.5) is 0 Å². The van der Waals surface area contributed by atoms with Gasteiger partial charge in [-0.15, -0.1) is 0 Å². The number of furan rings is 1. The summed E-state index contributed by atoms with van der Waals surface area (Å²) < 4.78 is 13.1. The Bertz CT molecular complexity index is 1640. The molecule has 0 radical (unpaired) electrons. The van der Waals surface area contributed by atoms with Gasteiger partial charge in [0.2, 0.25) is 0 Å². The molecule has 8 nitrogen and oxygen atoms in total. The first-order valence-corrected chi connectivity index (χ1v) is 13.0. The second-order valence-electron chi connectivity index (χ2n) is 7.64. The van der Waals surface area contributed by atoms with E-state index in [0.29, 0.717) is 41.6 Å². The van der Waals surface area contributed by atoms with Gasteiger partial charge in [0.25, 0.3) is 5.56 Å². The Labute approximate surface area is 218 Å². The SMILES string of the molecule is CCOC(=O)C1=C(C)N=c2s/c(=C/c3ccc(Sc4ncccn4)o3)c(=O)n2[C@@H]1c1ccc(Cl)cc1. The predicted octanol–water partition coefficient (Wildman–Crippen LogP) is 3.99. The van der Waals surface area contributed by atoms with Crippen LogP contribution in [0.2, 0.25) is 5.02 Å². The van der Waals surface area contributed by atoms with Gasteiger partial charge in [-0.2, -0.15) is 0 Å². The fraction of sp³-hybridized carbons (Fsp3) is 0.160. The number of allylic oxidation sites excluding steroid dienone is 1. The number of benzene rings is 1. The smallest absolute Gasteiger partial charge is 0.338 e. The topological polar surface area (TPSA) is 99.6 Å². The molecule has 4 aromatic rings. The molecule has 0 N–H and O–H groups in total. The number of carbonyl (C=O) groups is 1. The molecule has 1 aromatic carbocycles. The number of esters is 1. The highest BCUT2D eigenvalue weighted by molar-refractivity contribution is 7.99. The molecule has 1 aliphatic heterocycles. The van der Waals surface area contributed by atoms with Gasteiger partial charge in [-0.25, -0.2) is 19.8 Å². The molecule has 0 saturated heterocycles. The Kier molecular flexibility index (Phi) is 6.90. The third kappa shape index (κ3) is 4.79. The van der Waals surface area contributed by atoms with Crippen LogP contribution < -0.4 is 14.9 Å². The number of carbonyl (C=O) groups excluding carboxylic acids is 1. The molecule has 0 saturated carbocycles. The van der Waals surface area contributed by atoms with Gasteiger partial charge < -0.3 is 9.15 Å². The van der Waals surface area contributed by atoms with Crippen molar-refractivity contribution in [2.45, 2.75) is 30.1 Å². The zero-order valence-electron chi connectivity index (χ0n) is 19.2. The maximum absolute atomic E-state index is 13.6. The Morgan fingerprint density at radius 2 is 1.97 bits per heavy atom. The van der Waals surface area contributed by atoms with E-state index in [1.54, 1.807) is 74.8 Å². The highest BCUT2D eigenvalue weighted by Gasteiger charge is 2.33. The minimum atomic E-state index is -0.697. The van der Waals surface area contributed by atoms with Crippen molar-refractivity contribution in [2.75, 3.05) is 6.61 Å². The Morgan fingerprint density at radius 3 is 2.69 bits per heavy atom. The average molecular weight is 539 g/mol. The zero-order chi connectivity index (χ0) is 25.2. The summed E-state index contributed by atoms with van der Waals surface area (Å²) in [6, 6.07) is 11.7. The van der Waals surface area contributed by atoms with E-state index in [1.807, 2.05) is 0 Å². The monoisotopic (exact) mass is 538 g/mol. The van der Waals surface area contributed by atoms with Crippen molar-refractivity contribution < 1.29 is 13.9 Å². The molecular weight excluding hydrogens is 520 g/mol. The van der Waals surface area contributed by atoms with Gasteiger partial charge in [-0.05, 0) is 61.5 Å². The van der Waals surface area contributed by atoms with Crippen molar-refractivity contribution in [1.29, 1.82) is 0 Å². The summed E-state index contributed by atoms with van der Waals surface area (Å²) >= 11 is 8.60. The minimum absolute atomic E-state index is 0.209. The first kappa shape index (κ1) is 24.2. The quantitative estimate of drug-likeness (QED) is 0.270. The molecule has 0 bridgehead atoms. The Morgan fingerprint density at radius 1 is 1.22 bits per heavy atom. The lowest BCUT2D eigenvalue weighted by atomic mass is 9.96. The summed E-state index contributed by atoms with van der Waals surface area (Å²) in [5.74, 6) is -0.00752. The van der Waals surface area contributed by atoms with Gasteiger partial charge in [-0.3, -0.25) is 9.36 Å². The molecule has 0 unspecified atom stereocenters. The van der Waals surface area contributed by atoms with Crippen LogP contribution in [0.25, 0.3) is 6.08 Å². The number of nitrogens with zero attached hydrogens (tertiary/aromatic N) is 4. The van der Waals surface area contributed by atoms with Crippen LogP contribution in [0.3, 0.4) is 0 Å². The van der Waals surface area contributed by atoms with Crippen LogP contribution >= 0.6 is 34.7 Å². The molecule has 4 heterocycles. The number of halogens is 1. The lowest BCUT2D eigenvalue weighted by Crippen LogP contribution is -2.39. The van der Waals surface area contributed by atoms with Crippen molar-refractivity contribution in [2.24, 2.45) is 4.99 Å². The van der Waals surface area contributed by atoms with Crippen LogP contribution in [0, 0.1) is 0 Å². The van der Waals surface area contributed by atoms with Gasteiger partial charge in [0.05, 0.1) is 28.5 Å². The fourth-order valence-electron chi connectivity index (χ4n) is 3.78. The number of fused-ring (bicyclic) bond motifs is 1. The molecule has 11 heteroatoms. The van der Waals surface area contributed by atoms with E-state index in [9.17, 15) is 9.59 Å². The molecule has 0 spiro atoms. The molecule has 0 amide bonds. The number of thiazole rings is 1. The number of aromatic nitrogens is 3. The van der Waals surface area contributed by atoms with E-state index in [0.717, 1.165) is 5.56 Å². The summed E-state index contributed by atoms with van der Waals surface area (Å²) in [4.78, 5) is 39.9. The first-order chi connectivity index (χ1) is 17.4. The molecule has 5 rings (SSSR count). The van der Waals surface area contributed by atoms with Crippen molar-refractivity contribution in [1.82, 2.24) is 14.5 Å². The summed E-state index contributed by atoms with van der Waals surface area (Å²) in [5, 5.41) is 1.71. The van der Waals surface area contributed by atoms with Gasteiger partial charge in [-0.1, -0.05) is 35.1 Å². The summed E-state index contributed by atoms with van der Waals surface area (Å²) in [6.07, 6.45) is 4.98. The average Bonchev–Trinajstić information content (AvgIpc) is 3.43. The Hall–Kier alpha value is -3.47. The lowest BCUT2D eigenvalue weighted by Gasteiger charge is -2.24. The first-order valence-electron chi connectivity index (χ1n) is 10.9. The molecular formula is C25H19ClN4O4S2. The van der Waals surface area contributed by atoms with Crippen LogP contribution in [0.5, 0.6) is 0 Å². The van der Waals surface area contributed by atoms with Gasteiger partial charge in [0.1, 0.15) is 5.76 Å². The second-order valence-corrected chi connectivity index (χ2v) is 10.1. The highest BCUT2D eigenvalue weighted by Crippen LogP contribution is 2.31. The maximum atomic E-state index is 13.6. The molecule has 182 valence electrons. The molecule has 0 aliphatic carbocycles. The van der Waals surface area contributed by atoms with Crippen LogP contribution in [-0.4, -0.2) is 27.1 Å². The predicted molar refractivity (Wildman–Crippen MR) is 137 cm³/mol. The minimum Gasteiger partial charge on any atom is -0.463 e. The summed E-state index contributed by atoms with van der Waals surface area (Å²) in [6.45, 7) is 3.69. The van der Waals surface area contributed by atoms with E-state index in [-0.39, 0.29) is 12.2 Å². The third-order valence-electron chi connectivity index (χ3n) is 5.31. The molecule has 36 heavy (non-hydrogen) atoms. The Balaban J connectivity index is 1.59. The standard InChI is InChI=1S/C25H19ClN4O4S2/c1-3-33-23(32)20-14(2)29-25-30(21(20)15-5-7-16(26)8-6-15)22(31)18(35-25)13-17-9-10-19(34-17)36-24-27-11-4-12-28-24/h4-13,21H,3H2,1-2H3/b18-13+/t21-/m1/s1. The molecule has 1 aliphatic rings. The number of ether oxygens (including phenoxy) is 1. The number of hydrogen-bond acceptors (Lipinski definition) is 9. The van der Waals surface area contributed by atoms with E-state index in [4.69, 9.17) is 20.8 Å². The van der Waals surface area contributed by atoms with Gasteiger partial charge >= 0.3 is 5.97 Å². The summed E-state index contributed by atoms with van der Waals surface area (Å²) in [5.41, 5.74) is 1.26. The molecule has 0 fully saturated rings. The normalized spacial score (nSPS) is 15.5. The summed E-state index contributed by atoms with van der Waals surface area (Å²) in [7, 11) is 0. The van der Waals surface area contributed by atoms with Crippen LogP contribution in [0.15, 0.2) is 90.6 Å². The zero-order valence-corrected chi connectivity index (χ0v) is 21.6. The fourth-order valence-corrected chi connectivity index (χ4v) is 5.61. The largest absolute Gasteiger partial charge is 0.463 e. The number of hydrogen-bond donors (Lipinski definition) is 0. The lowest BCUT2D eigenvalue weighted by molar-refractivity contribution is -0.139. The van der Waals surface area contributed by atoms with Gasteiger partial charge in [0, 0.05) is 23.5 Å². The van der Waals surface area contributed by atoms with Crippen molar-refractivity contribution >= 4 is 46.7 Å². The second kappa shape index (κ2) is 10.3. The van der Waals surface area contributed by atoms with E-state index in [1.165, 1.54) is 27.7 Å². The van der Waals surface area contributed by atoms with Crippen molar-refractivity contribution in [3.8, 4) is 0 Å². The maximum Gasteiger partial charge on any atom is 0.338 e. The van der Waals surface area contributed by atoms with Gasteiger partial charge in [0.15, 0.2) is 15.1 Å². The van der Waals surface area contributed by atoms with Crippen molar-refractivity contribution in [3.63, 3.8) is 0 Å². The highest BCUT2D eigenvalue weighted by atomic mass is 35.5.